The first kappa shape index (κ1) is 17.0. The quantitative estimate of drug-likeness (QED) is 0.655. The number of nitrogens with two attached hydrogens (primary N) is 1. The third-order valence-corrected chi connectivity index (χ3v) is 5.52. The van der Waals surface area contributed by atoms with Crippen LogP contribution >= 0.6 is 0 Å². The molecule has 11 heteroatoms. The molecule has 0 heterocycles. The smallest absolute Gasteiger partial charge is 0.229 e. The first-order chi connectivity index (χ1) is 8.92. The topological polar surface area (TPSA) is 140 Å². The largest absolute Gasteiger partial charge is 0.240 e. The van der Waals surface area contributed by atoms with Crippen molar-refractivity contribution in [2.75, 3.05) is 18.6 Å². The van der Waals surface area contributed by atoms with Gasteiger partial charge < -0.3 is 0 Å². The number of benzene rings is 1. The molecule has 1 aromatic carbocycles. The molecule has 1 aromatic rings. The van der Waals surface area contributed by atoms with Crippen molar-refractivity contribution >= 4 is 29.9 Å². The van der Waals surface area contributed by atoms with Crippen molar-refractivity contribution < 1.29 is 25.3 Å². The molecule has 1 rings (SSSR count). The van der Waals surface area contributed by atoms with E-state index < -0.39 is 29.9 Å². The van der Waals surface area contributed by atoms with Crippen molar-refractivity contribution in [3.05, 3.63) is 24.3 Å². The molecule has 0 aromatic heterocycles. The minimum absolute atomic E-state index is 0.305. The van der Waals surface area contributed by atoms with Crippen LogP contribution in [0.3, 0.4) is 0 Å². The predicted molar refractivity (Wildman–Crippen MR) is 72.7 cm³/mol. The van der Waals surface area contributed by atoms with Crippen molar-refractivity contribution in [3.8, 4) is 0 Å². The maximum atomic E-state index is 11.9. The first-order valence-corrected chi connectivity index (χ1v) is 10.3. The SMILES string of the molecule is CS(=O)(=O)CCNS(=O)(=O)c1cccc(S(N)(=O)=O)c1. The number of sulfonamides is 2. The van der Waals surface area contributed by atoms with Crippen LogP contribution in [0.25, 0.3) is 0 Å². The maximum Gasteiger partial charge on any atom is 0.240 e. The fraction of sp³-hybridized carbons (Fsp3) is 0.333. The predicted octanol–water partition coefficient (Wildman–Crippen LogP) is -1.34. The minimum Gasteiger partial charge on any atom is -0.229 e. The summed E-state index contributed by atoms with van der Waals surface area (Å²) in [7, 11) is -11.3. The van der Waals surface area contributed by atoms with Gasteiger partial charge in [-0.1, -0.05) is 6.07 Å². The Balaban J connectivity index is 2.99. The molecule has 0 radical (unpaired) electrons. The third-order valence-electron chi connectivity index (χ3n) is 2.21. The number of primary sulfonamides is 1. The molecule has 8 nitrogen and oxygen atoms in total. The minimum atomic E-state index is -4.02. The lowest BCUT2D eigenvalue weighted by Crippen LogP contribution is -2.29. The van der Waals surface area contributed by atoms with Gasteiger partial charge >= 0.3 is 0 Å². The van der Waals surface area contributed by atoms with E-state index in [0.29, 0.717) is 0 Å². The van der Waals surface area contributed by atoms with Gasteiger partial charge in [-0.3, -0.25) is 0 Å². The van der Waals surface area contributed by atoms with E-state index in [-0.39, 0.29) is 22.1 Å². The lowest BCUT2D eigenvalue weighted by molar-refractivity contribution is 0.581. The van der Waals surface area contributed by atoms with Crippen molar-refractivity contribution in [3.63, 3.8) is 0 Å². The van der Waals surface area contributed by atoms with Crippen molar-refractivity contribution in [2.24, 2.45) is 5.14 Å². The van der Waals surface area contributed by atoms with E-state index in [9.17, 15) is 25.3 Å². The molecule has 0 bridgehead atoms. The second-order valence-corrected chi connectivity index (χ2v) is 9.64. The molecule has 3 N–H and O–H groups in total. The standard InChI is InChI=1S/C9H14N2O6S3/c1-18(12,13)6-5-11-20(16,17)9-4-2-3-8(7-9)19(10,14)15/h2-4,7,11H,5-6H2,1H3,(H2,10,14,15). The van der Waals surface area contributed by atoms with E-state index >= 15 is 0 Å². The second kappa shape index (κ2) is 5.77. The third kappa shape index (κ3) is 5.17. The Morgan fingerprint density at radius 1 is 1.05 bits per heavy atom. The normalized spacial score (nSPS) is 13.3. The summed E-state index contributed by atoms with van der Waals surface area (Å²) >= 11 is 0. The molecule has 0 fully saturated rings. The average molecular weight is 342 g/mol. The van der Waals surface area contributed by atoms with Gasteiger partial charge in [0.05, 0.1) is 15.5 Å². The van der Waals surface area contributed by atoms with Gasteiger partial charge in [0.25, 0.3) is 0 Å². The average Bonchev–Trinajstić information content (AvgIpc) is 2.26. The first-order valence-electron chi connectivity index (χ1n) is 5.22. The summed E-state index contributed by atoms with van der Waals surface area (Å²) in [5.41, 5.74) is 0. The summed E-state index contributed by atoms with van der Waals surface area (Å²) in [6.45, 7) is -0.305. The Hall–Kier alpha value is -1.01. The van der Waals surface area contributed by atoms with E-state index in [1.807, 2.05) is 0 Å². The molecule has 20 heavy (non-hydrogen) atoms. The van der Waals surface area contributed by atoms with Gasteiger partial charge in [0.15, 0.2) is 0 Å². The fourth-order valence-electron chi connectivity index (χ4n) is 1.26. The van der Waals surface area contributed by atoms with Crippen molar-refractivity contribution in [2.45, 2.75) is 9.79 Å². The van der Waals surface area contributed by atoms with Crippen LogP contribution in [0.15, 0.2) is 34.1 Å². The Kier molecular flexibility index (Phi) is 4.92. The maximum absolute atomic E-state index is 11.9. The van der Waals surface area contributed by atoms with Crippen LogP contribution in [0.4, 0.5) is 0 Å². The van der Waals surface area contributed by atoms with Gasteiger partial charge in [-0.05, 0) is 18.2 Å². The molecular formula is C9H14N2O6S3. The van der Waals surface area contributed by atoms with E-state index in [1.54, 1.807) is 0 Å². The summed E-state index contributed by atoms with van der Waals surface area (Å²) in [4.78, 5) is -0.652. The Labute approximate surface area is 118 Å². The molecule has 0 atom stereocenters. The summed E-state index contributed by atoms with van der Waals surface area (Å²) in [6.07, 6.45) is 0.975. The number of rotatable bonds is 6. The van der Waals surface area contributed by atoms with Gasteiger partial charge in [-0.25, -0.2) is 35.1 Å². The van der Waals surface area contributed by atoms with Gasteiger partial charge in [0.1, 0.15) is 9.84 Å². The Bertz CT molecular complexity index is 796. The summed E-state index contributed by atoms with van der Waals surface area (Å²) in [5.74, 6) is -0.360. The van der Waals surface area contributed by atoms with E-state index in [1.165, 1.54) is 12.1 Å². The van der Waals surface area contributed by atoms with E-state index in [4.69, 9.17) is 5.14 Å². The van der Waals surface area contributed by atoms with Crippen LogP contribution in [-0.2, 0) is 29.9 Å². The highest BCUT2D eigenvalue weighted by molar-refractivity contribution is 7.91. The Morgan fingerprint density at radius 2 is 1.60 bits per heavy atom. The fourth-order valence-corrected chi connectivity index (χ4v) is 3.58. The lowest BCUT2D eigenvalue weighted by Gasteiger charge is -2.07. The number of sulfone groups is 1. The van der Waals surface area contributed by atoms with Crippen LogP contribution < -0.4 is 9.86 Å². The number of hydrogen-bond acceptors (Lipinski definition) is 6. The molecule has 114 valence electrons. The van der Waals surface area contributed by atoms with E-state index in [2.05, 4.69) is 4.72 Å². The second-order valence-electron chi connectivity index (χ2n) is 4.05. The van der Waals surface area contributed by atoms with Crippen LogP contribution in [0.2, 0.25) is 0 Å². The lowest BCUT2D eigenvalue weighted by atomic mass is 10.4. The summed E-state index contributed by atoms with van der Waals surface area (Å²) in [5, 5.41) is 4.90. The highest BCUT2D eigenvalue weighted by Gasteiger charge is 2.17. The molecular weight excluding hydrogens is 328 g/mol. The number of hydrogen-bond donors (Lipinski definition) is 2. The monoisotopic (exact) mass is 342 g/mol. The van der Waals surface area contributed by atoms with Crippen molar-refractivity contribution in [1.82, 2.24) is 4.72 Å². The van der Waals surface area contributed by atoms with Crippen LogP contribution in [-0.4, -0.2) is 43.8 Å². The van der Waals surface area contributed by atoms with Gasteiger partial charge in [-0.15, -0.1) is 0 Å². The molecule has 0 amide bonds. The highest BCUT2D eigenvalue weighted by atomic mass is 32.2. The van der Waals surface area contributed by atoms with Crippen molar-refractivity contribution in [1.29, 1.82) is 0 Å². The van der Waals surface area contributed by atoms with Gasteiger partial charge in [-0.2, -0.15) is 0 Å². The zero-order chi connectivity index (χ0) is 15.6. The Morgan fingerprint density at radius 3 is 2.10 bits per heavy atom. The highest BCUT2D eigenvalue weighted by Crippen LogP contribution is 2.14. The van der Waals surface area contributed by atoms with Gasteiger partial charge in [0.2, 0.25) is 20.0 Å². The summed E-state index contributed by atoms with van der Waals surface area (Å²) in [6, 6.07) is 4.46. The zero-order valence-corrected chi connectivity index (χ0v) is 12.9. The zero-order valence-electron chi connectivity index (χ0n) is 10.5. The molecule has 0 unspecified atom stereocenters. The molecule has 0 spiro atoms. The van der Waals surface area contributed by atoms with Crippen LogP contribution in [0.5, 0.6) is 0 Å². The molecule has 0 saturated heterocycles. The molecule has 0 saturated carbocycles. The summed E-state index contributed by atoms with van der Waals surface area (Å²) < 4.78 is 69.9. The van der Waals surface area contributed by atoms with E-state index in [0.717, 1.165) is 18.4 Å². The molecule has 0 aliphatic heterocycles. The van der Waals surface area contributed by atoms with Crippen LogP contribution in [0.1, 0.15) is 0 Å². The number of nitrogens with one attached hydrogen (secondary N) is 1. The van der Waals surface area contributed by atoms with Crippen LogP contribution in [0, 0.1) is 0 Å². The molecule has 0 aliphatic rings. The molecule has 0 aliphatic carbocycles. The van der Waals surface area contributed by atoms with Gasteiger partial charge in [0, 0.05) is 12.8 Å².